The first-order valence-electron chi connectivity index (χ1n) is 11.1. The van der Waals surface area contributed by atoms with Gasteiger partial charge in [-0.15, -0.1) is 0 Å². The van der Waals surface area contributed by atoms with Gasteiger partial charge in [-0.1, -0.05) is 0 Å². The van der Waals surface area contributed by atoms with Gasteiger partial charge in [0.05, 0.1) is 19.2 Å². The Labute approximate surface area is 179 Å². The molecule has 0 bridgehead atoms. The molecule has 0 N–H and O–H groups in total. The summed E-state index contributed by atoms with van der Waals surface area (Å²) in [5.74, 6) is 1.89. The van der Waals surface area contributed by atoms with Crippen molar-refractivity contribution in [3.63, 3.8) is 0 Å². The minimum absolute atomic E-state index is 0.440. The van der Waals surface area contributed by atoms with Crippen LogP contribution in [-0.4, -0.2) is 68.3 Å². The van der Waals surface area contributed by atoms with Gasteiger partial charge in [-0.3, -0.25) is 0 Å². The van der Waals surface area contributed by atoms with Crippen LogP contribution in [0.5, 0.6) is 11.5 Å². The molecule has 6 heteroatoms. The zero-order valence-electron chi connectivity index (χ0n) is 18.2. The molecule has 2 fully saturated rings. The number of piperidine rings is 1. The summed E-state index contributed by atoms with van der Waals surface area (Å²) in [6, 6.07) is 8.20. The predicted molar refractivity (Wildman–Crippen MR) is 118 cm³/mol. The van der Waals surface area contributed by atoms with E-state index in [4.69, 9.17) is 9.47 Å². The Hall–Kier alpha value is -2.36. The Bertz CT molecular complexity index is 910. The van der Waals surface area contributed by atoms with Crippen LogP contribution in [0.3, 0.4) is 0 Å². The largest absolute Gasteiger partial charge is 0.493 e. The third-order valence-corrected chi connectivity index (χ3v) is 6.47. The molecule has 0 amide bonds. The Morgan fingerprint density at radius 3 is 2.57 bits per heavy atom. The Morgan fingerprint density at radius 1 is 1.10 bits per heavy atom. The van der Waals surface area contributed by atoms with Crippen LogP contribution >= 0.6 is 0 Å². The van der Waals surface area contributed by atoms with Gasteiger partial charge >= 0.3 is 0 Å². The molecule has 30 heavy (non-hydrogen) atoms. The third-order valence-electron chi connectivity index (χ3n) is 6.47. The lowest BCUT2D eigenvalue weighted by molar-refractivity contribution is 0.254. The topological polar surface area (TPSA) is 61.6 Å². The van der Waals surface area contributed by atoms with Gasteiger partial charge < -0.3 is 19.3 Å². The van der Waals surface area contributed by atoms with Gasteiger partial charge in [-0.05, 0) is 88.9 Å². The summed E-state index contributed by atoms with van der Waals surface area (Å²) in [7, 11) is 3.85. The number of fused-ring (bicyclic) bond motifs is 1. The molecule has 2 saturated heterocycles. The summed E-state index contributed by atoms with van der Waals surface area (Å²) in [4.78, 5) is 9.43. The van der Waals surface area contributed by atoms with Gasteiger partial charge in [0.15, 0.2) is 11.5 Å². The molecule has 2 aliphatic rings. The van der Waals surface area contributed by atoms with Crippen LogP contribution in [-0.2, 0) is 0 Å². The van der Waals surface area contributed by atoms with Crippen LogP contribution in [0.2, 0.25) is 0 Å². The molecule has 1 aromatic carbocycles. The highest BCUT2D eigenvalue weighted by molar-refractivity contribution is 5.87. The maximum atomic E-state index is 9.53. The van der Waals surface area contributed by atoms with Gasteiger partial charge in [-0.2, -0.15) is 5.26 Å². The molecule has 1 aromatic heterocycles. The number of rotatable bonds is 7. The molecular weight excluding hydrogens is 376 g/mol. The minimum Gasteiger partial charge on any atom is -0.493 e. The van der Waals surface area contributed by atoms with Crippen LogP contribution in [0, 0.1) is 11.3 Å². The van der Waals surface area contributed by atoms with E-state index in [2.05, 4.69) is 27.9 Å². The van der Waals surface area contributed by atoms with Crippen LogP contribution in [0.1, 0.15) is 49.3 Å². The van der Waals surface area contributed by atoms with Gasteiger partial charge in [0, 0.05) is 18.0 Å². The fourth-order valence-electron chi connectivity index (χ4n) is 4.72. The number of likely N-dealkylation sites (tertiary alicyclic amines) is 2. The van der Waals surface area contributed by atoms with E-state index in [1.165, 1.54) is 31.5 Å². The quantitative estimate of drug-likeness (QED) is 0.650. The Kier molecular flexibility index (Phi) is 6.71. The monoisotopic (exact) mass is 408 g/mol. The van der Waals surface area contributed by atoms with Crippen molar-refractivity contribution < 1.29 is 9.47 Å². The van der Waals surface area contributed by atoms with Gasteiger partial charge in [-0.25, -0.2) is 4.98 Å². The van der Waals surface area contributed by atoms with Gasteiger partial charge in [0.1, 0.15) is 11.8 Å². The molecule has 4 rings (SSSR count). The fraction of sp³-hybridized carbons (Fsp3) is 0.583. The van der Waals surface area contributed by atoms with E-state index in [0.29, 0.717) is 24.0 Å². The van der Waals surface area contributed by atoms with E-state index in [0.717, 1.165) is 55.5 Å². The van der Waals surface area contributed by atoms with E-state index >= 15 is 0 Å². The maximum absolute atomic E-state index is 9.53. The van der Waals surface area contributed by atoms with Crippen molar-refractivity contribution in [3.8, 4) is 17.6 Å². The first-order valence-corrected chi connectivity index (χ1v) is 11.1. The van der Waals surface area contributed by atoms with Crippen molar-refractivity contribution in [1.29, 1.82) is 5.26 Å². The van der Waals surface area contributed by atoms with Crippen LogP contribution in [0.15, 0.2) is 18.2 Å². The standard InChI is InChI=1S/C24H32N4O2/c1-27-11-6-18(7-12-27)20-14-19(17-25)26-22-16-24(23(29-2)15-21(20)22)30-13-5-10-28-8-3-4-9-28/h14-16,18H,3-13H2,1-2H3. The van der Waals surface area contributed by atoms with Crippen molar-refractivity contribution >= 4 is 10.9 Å². The second kappa shape index (κ2) is 9.63. The van der Waals surface area contributed by atoms with E-state index in [-0.39, 0.29) is 0 Å². The van der Waals surface area contributed by atoms with E-state index < -0.39 is 0 Å². The summed E-state index contributed by atoms with van der Waals surface area (Å²) in [6.45, 7) is 6.29. The molecule has 6 nitrogen and oxygen atoms in total. The molecule has 0 aliphatic carbocycles. The summed E-state index contributed by atoms with van der Waals surface area (Å²) in [5.41, 5.74) is 2.50. The van der Waals surface area contributed by atoms with Crippen molar-refractivity contribution in [1.82, 2.24) is 14.8 Å². The smallest absolute Gasteiger partial charge is 0.163 e. The number of aromatic nitrogens is 1. The first kappa shape index (κ1) is 20.9. The minimum atomic E-state index is 0.440. The average Bonchev–Trinajstić information content (AvgIpc) is 3.29. The number of ether oxygens (including phenoxy) is 2. The summed E-state index contributed by atoms with van der Waals surface area (Å²) in [6.07, 6.45) is 5.81. The molecule has 160 valence electrons. The van der Waals surface area contributed by atoms with E-state index in [9.17, 15) is 5.26 Å². The molecule has 0 atom stereocenters. The van der Waals surface area contributed by atoms with Gasteiger partial charge in [0.25, 0.3) is 0 Å². The highest BCUT2D eigenvalue weighted by atomic mass is 16.5. The Balaban J connectivity index is 1.57. The normalized spacial score (nSPS) is 18.6. The second-order valence-corrected chi connectivity index (χ2v) is 8.56. The highest BCUT2D eigenvalue weighted by Gasteiger charge is 2.22. The number of hydrogen-bond acceptors (Lipinski definition) is 6. The lowest BCUT2D eigenvalue weighted by Gasteiger charge is -2.30. The van der Waals surface area contributed by atoms with Crippen LogP contribution < -0.4 is 9.47 Å². The first-order chi connectivity index (χ1) is 14.7. The molecule has 0 spiro atoms. The molecular formula is C24H32N4O2. The summed E-state index contributed by atoms with van der Waals surface area (Å²) < 4.78 is 11.8. The van der Waals surface area contributed by atoms with E-state index in [1.807, 2.05) is 18.2 Å². The van der Waals surface area contributed by atoms with Crippen LogP contribution in [0.25, 0.3) is 10.9 Å². The number of nitriles is 1. The maximum Gasteiger partial charge on any atom is 0.163 e. The number of methoxy groups -OCH3 is 1. The second-order valence-electron chi connectivity index (χ2n) is 8.56. The van der Waals surface area contributed by atoms with Crippen molar-refractivity contribution in [2.45, 2.75) is 38.0 Å². The SMILES string of the molecule is COc1cc2c(C3CCN(C)CC3)cc(C#N)nc2cc1OCCCN1CCCC1. The zero-order valence-corrected chi connectivity index (χ0v) is 18.2. The molecule has 0 unspecified atom stereocenters. The summed E-state index contributed by atoms with van der Waals surface area (Å²) in [5, 5.41) is 10.6. The number of nitrogens with zero attached hydrogens (tertiary/aromatic N) is 4. The zero-order chi connectivity index (χ0) is 20.9. The number of hydrogen-bond donors (Lipinski definition) is 0. The highest BCUT2D eigenvalue weighted by Crippen LogP contribution is 2.38. The molecule has 2 aliphatic heterocycles. The van der Waals surface area contributed by atoms with Crippen molar-refractivity contribution in [2.75, 3.05) is 53.5 Å². The fourth-order valence-corrected chi connectivity index (χ4v) is 4.72. The Morgan fingerprint density at radius 2 is 1.87 bits per heavy atom. The molecule has 3 heterocycles. The van der Waals surface area contributed by atoms with Crippen molar-refractivity contribution in [2.24, 2.45) is 0 Å². The summed E-state index contributed by atoms with van der Waals surface area (Å²) >= 11 is 0. The molecule has 2 aromatic rings. The third kappa shape index (κ3) is 4.69. The lowest BCUT2D eigenvalue weighted by atomic mass is 9.87. The molecule has 0 saturated carbocycles. The molecule has 0 radical (unpaired) electrons. The average molecular weight is 409 g/mol. The lowest BCUT2D eigenvalue weighted by Crippen LogP contribution is -2.29. The number of benzene rings is 1. The predicted octanol–water partition coefficient (Wildman–Crippen LogP) is 3.79. The van der Waals surface area contributed by atoms with Gasteiger partial charge in [0.2, 0.25) is 0 Å². The van der Waals surface area contributed by atoms with Crippen LogP contribution in [0.4, 0.5) is 0 Å². The van der Waals surface area contributed by atoms with E-state index in [1.54, 1.807) is 7.11 Å². The number of pyridine rings is 1. The van der Waals surface area contributed by atoms with Crippen molar-refractivity contribution in [3.05, 3.63) is 29.5 Å².